The van der Waals surface area contributed by atoms with Crippen LogP contribution in [0.5, 0.6) is 0 Å². The van der Waals surface area contributed by atoms with Gasteiger partial charge in [-0.15, -0.1) is 0 Å². The highest BCUT2D eigenvalue weighted by molar-refractivity contribution is 5.53. The number of nitrogens with zero attached hydrogens (tertiary/aromatic N) is 5. The van der Waals surface area contributed by atoms with Crippen molar-refractivity contribution in [3.05, 3.63) is 53.6 Å². The molecule has 3 aromatic rings. The molecule has 2 aromatic heterocycles. The van der Waals surface area contributed by atoms with E-state index < -0.39 is 0 Å². The van der Waals surface area contributed by atoms with Crippen LogP contribution in [0, 0.1) is 6.92 Å². The highest BCUT2D eigenvalue weighted by Crippen LogP contribution is 2.28. The number of rotatable bonds is 4. The van der Waals surface area contributed by atoms with Crippen molar-refractivity contribution in [3.63, 3.8) is 0 Å². The van der Waals surface area contributed by atoms with Crippen LogP contribution in [0.2, 0.25) is 0 Å². The molecule has 0 unspecified atom stereocenters. The third kappa shape index (κ3) is 3.35. The third-order valence-electron chi connectivity index (χ3n) is 5.24. The van der Waals surface area contributed by atoms with E-state index in [1.54, 1.807) is 0 Å². The number of H-pyrrole nitrogens is 1. The first kappa shape index (κ1) is 16.0. The first-order chi connectivity index (χ1) is 12.2. The Morgan fingerprint density at radius 2 is 1.92 bits per heavy atom. The minimum atomic E-state index is 0.469. The SMILES string of the molecule is Cc1c(CN2CCC(c3nc(-c4ccccc4)n[nH]3)CC2)cnn1C. The predicted molar refractivity (Wildman–Crippen MR) is 97.0 cm³/mol. The molecule has 0 radical (unpaired) electrons. The van der Waals surface area contributed by atoms with Gasteiger partial charge in [0.05, 0.1) is 6.20 Å². The van der Waals surface area contributed by atoms with E-state index in [-0.39, 0.29) is 0 Å². The van der Waals surface area contributed by atoms with E-state index in [1.165, 1.54) is 11.3 Å². The average molecular weight is 336 g/mol. The molecule has 1 N–H and O–H groups in total. The Kier molecular flexibility index (Phi) is 4.36. The first-order valence-corrected chi connectivity index (χ1v) is 8.88. The van der Waals surface area contributed by atoms with E-state index in [0.29, 0.717) is 5.92 Å². The zero-order chi connectivity index (χ0) is 17.2. The van der Waals surface area contributed by atoms with Gasteiger partial charge in [0, 0.05) is 36.3 Å². The van der Waals surface area contributed by atoms with Crippen LogP contribution in [0.3, 0.4) is 0 Å². The summed E-state index contributed by atoms with van der Waals surface area (Å²) in [5.74, 6) is 2.29. The van der Waals surface area contributed by atoms with Gasteiger partial charge in [0.2, 0.25) is 0 Å². The Balaban J connectivity index is 1.37. The van der Waals surface area contributed by atoms with Gasteiger partial charge >= 0.3 is 0 Å². The molecule has 0 spiro atoms. The Morgan fingerprint density at radius 1 is 1.16 bits per heavy atom. The van der Waals surface area contributed by atoms with Crippen molar-refractivity contribution in [2.24, 2.45) is 7.05 Å². The molecule has 1 fully saturated rings. The maximum atomic E-state index is 4.73. The van der Waals surface area contributed by atoms with Crippen LogP contribution in [0.15, 0.2) is 36.5 Å². The molecule has 25 heavy (non-hydrogen) atoms. The van der Waals surface area contributed by atoms with Gasteiger partial charge in [-0.25, -0.2) is 4.98 Å². The molecule has 0 saturated carbocycles. The van der Waals surface area contributed by atoms with E-state index in [0.717, 1.165) is 49.7 Å². The number of nitrogens with one attached hydrogen (secondary N) is 1. The van der Waals surface area contributed by atoms with Gasteiger partial charge in [-0.2, -0.15) is 10.2 Å². The summed E-state index contributed by atoms with van der Waals surface area (Å²) in [4.78, 5) is 7.24. The summed E-state index contributed by atoms with van der Waals surface area (Å²) >= 11 is 0. The molecule has 1 saturated heterocycles. The van der Waals surface area contributed by atoms with Crippen molar-refractivity contribution < 1.29 is 0 Å². The molecule has 1 aliphatic heterocycles. The van der Waals surface area contributed by atoms with Crippen molar-refractivity contribution in [1.29, 1.82) is 0 Å². The van der Waals surface area contributed by atoms with Gasteiger partial charge in [-0.3, -0.25) is 14.7 Å². The summed E-state index contributed by atoms with van der Waals surface area (Å²) < 4.78 is 1.95. The monoisotopic (exact) mass is 336 g/mol. The lowest BCUT2D eigenvalue weighted by atomic mass is 9.96. The predicted octanol–water partition coefficient (Wildman–Crippen LogP) is 2.89. The number of hydrogen-bond donors (Lipinski definition) is 1. The van der Waals surface area contributed by atoms with Gasteiger partial charge in [-0.1, -0.05) is 30.3 Å². The Labute approximate surface area is 147 Å². The number of hydrogen-bond acceptors (Lipinski definition) is 4. The summed E-state index contributed by atoms with van der Waals surface area (Å²) in [7, 11) is 2.00. The van der Waals surface area contributed by atoms with Crippen molar-refractivity contribution >= 4 is 0 Å². The van der Waals surface area contributed by atoms with Crippen LogP contribution < -0.4 is 0 Å². The van der Waals surface area contributed by atoms with Crippen LogP contribution in [-0.2, 0) is 13.6 Å². The van der Waals surface area contributed by atoms with Gasteiger partial charge in [-0.05, 0) is 32.9 Å². The Morgan fingerprint density at radius 3 is 2.60 bits per heavy atom. The second kappa shape index (κ2) is 6.80. The van der Waals surface area contributed by atoms with Crippen LogP contribution in [-0.4, -0.2) is 43.0 Å². The molecule has 0 bridgehead atoms. The van der Waals surface area contributed by atoms with E-state index in [1.807, 2.05) is 48.3 Å². The number of aromatic nitrogens is 5. The largest absolute Gasteiger partial charge is 0.299 e. The van der Waals surface area contributed by atoms with Crippen molar-refractivity contribution in [1.82, 2.24) is 29.9 Å². The number of aryl methyl sites for hydroxylation is 1. The van der Waals surface area contributed by atoms with Crippen LogP contribution in [0.25, 0.3) is 11.4 Å². The van der Waals surface area contributed by atoms with Crippen LogP contribution in [0.1, 0.15) is 35.8 Å². The van der Waals surface area contributed by atoms with Crippen molar-refractivity contribution in [2.75, 3.05) is 13.1 Å². The number of aromatic amines is 1. The third-order valence-corrected chi connectivity index (χ3v) is 5.24. The molecule has 6 heteroatoms. The fourth-order valence-electron chi connectivity index (χ4n) is 3.48. The van der Waals surface area contributed by atoms with E-state index in [4.69, 9.17) is 4.98 Å². The maximum absolute atomic E-state index is 4.73. The molecule has 4 rings (SSSR count). The minimum absolute atomic E-state index is 0.469. The zero-order valence-corrected chi connectivity index (χ0v) is 14.8. The lowest BCUT2D eigenvalue weighted by molar-refractivity contribution is 0.201. The summed E-state index contributed by atoms with van der Waals surface area (Å²) in [6.07, 6.45) is 4.22. The summed E-state index contributed by atoms with van der Waals surface area (Å²) in [5, 5.41) is 11.9. The standard InChI is InChI=1S/C19H24N6/c1-14-17(12-20-24(14)2)13-25-10-8-16(9-11-25)19-21-18(22-23-19)15-6-4-3-5-7-15/h3-7,12,16H,8-11,13H2,1-2H3,(H,21,22,23). The van der Waals surface area contributed by atoms with Gasteiger partial charge in [0.25, 0.3) is 0 Å². The summed E-state index contributed by atoms with van der Waals surface area (Å²) in [5.41, 5.74) is 3.64. The topological polar surface area (TPSA) is 62.6 Å². The molecular weight excluding hydrogens is 312 g/mol. The molecule has 0 aliphatic carbocycles. The van der Waals surface area contributed by atoms with Gasteiger partial charge in [0.1, 0.15) is 5.82 Å². The Bertz CT molecular complexity index is 827. The van der Waals surface area contributed by atoms with Crippen LogP contribution >= 0.6 is 0 Å². The number of likely N-dealkylation sites (tertiary alicyclic amines) is 1. The normalized spacial score (nSPS) is 16.4. The van der Waals surface area contributed by atoms with Gasteiger partial charge in [0.15, 0.2) is 5.82 Å². The van der Waals surface area contributed by atoms with Crippen molar-refractivity contribution in [2.45, 2.75) is 32.2 Å². The second-order valence-corrected chi connectivity index (χ2v) is 6.84. The molecule has 0 amide bonds. The average Bonchev–Trinajstić information content (AvgIpc) is 3.26. The molecule has 1 aliphatic rings. The molecule has 6 nitrogen and oxygen atoms in total. The molecular formula is C19H24N6. The number of piperidine rings is 1. The lowest BCUT2D eigenvalue weighted by Gasteiger charge is -2.30. The van der Waals surface area contributed by atoms with E-state index >= 15 is 0 Å². The summed E-state index contributed by atoms with van der Waals surface area (Å²) in [6.45, 7) is 5.29. The highest BCUT2D eigenvalue weighted by atomic mass is 15.3. The highest BCUT2D eigenvalue weighted by Gasteiger charge is 2.24. The smallest absolute Gasteiger partial charge is 0.181 e. The zero-order valence-electron chi connectivity index (χ0n) is 14.8. The van der Waals surface area contributed by atoms with Crippen LogP contribution in [0.4, 0.5) is 0 Å². The molecule has 3 heterocycles. The fourth-order valence-corrected chi connectivity index (χ4v) is 3.48. The lowest BCUT2D eigenvalue weighted by Crippen LogP contribution is -2.32. The molecule has 1 aromatic carbocycles. The Hall–Kier alpha value is -2.47. The second-order valence-electron chi connectivity index (χ2n) is 6.84. The summed E-state index contributed by atoms with van der Waals surface area (Å²) in [6, 6.07) is 10.1. The minimum Gasteiger partial charge on any atom is -0.299 e. The van der Waals surface area contributed by atoms with E-state index in [9.17, 15) is 0 Å². The first-order valence-electron chi connectivity index (χ1n) is 8.88. The maximum Gasteiger partial charge on any atom is 0.181 e. The van der Waals surface area contributed by atoms with E-state index in [2.05, 4.69) is 27.1 Å². The number of benzene rings is 1. The fraction of sp³-hybridized carbons (Fsp3) is 0.421. The van der Waals surface area contributed by atoms with Gasteiger partial charge < -0.3 is 0 Å². The van der Waals surface area contributed by atoms with Crippen molar-refractivity contribution in [3.8, 4) is 11.4 Å². The quantitative estimate of drug-likeness (QED) is 0.796. The molecule has 0 atom stereocenters. The molecule has 130 valence electrons.